The van der Waals surface area contributed by atoms with Crippen LogP contribution >= 0.6 is 0 Å². The molecule has 3 aromatic rings. The summed E-state index contributed by atoms with van der Waals surface area (Å²) in [6, 6.07) is 13.3. The number of nitrogens with zero attached hydrogens (tertiary/aromatic N) is 3. The van der Waals surface area contributed by atoms with Crippen molar-refractivity contribution in [2.75, 3.05) is 0 Å². The molecule has 7 heteroatoms. The highest BCUT2D eigenvalue weighted by molar-refractivity contribution is 6.05. The van der Waals surface area contributed by atoms with Crippen molar-refractivity contribution >= 4 is 28.6 Å². The van der Waals surface area contributed by atoms with Crippen LogP contribution < -0.4 is 0 Å². The van der Waals surface area contributed by atoms with Crippen LogP contribution in [0.5, 0.6) is 0 Å². The summed E-state index contributed by atoms with van der Waals surface area (Å²) in [7, 11) is 0. The standard InChI is InChI=1S/C20H16N4O3/c25-17-6-3-7-18(26)24(17)23-11-13-10-12(8-9-14(13)20(23)27)19-15-4-1-2-5-16(15)21-22-19/h1-2,4-5,8-10H,3,6-7,11H2,(H,21,22). The number of H-pyrrole nitrogens is 1. The zero-order valence-corrected chi connectivity index (χ0v) is 14.4. The van der Waals surface area contributed by atoms with E-state index in [1.165, 1.54) is 5.01 Å². The highest BCUT2D eigenvalue weighted by atomic mass is 16.2. The van der Waals surface area contributed by atoms with Gasteiger partial charge in [-0.25, -0.2) is 5.01 Å². The number of nitrogens with one attached hydrogen (secondary N) is 1. The monoisotopic (exact) mass is 360 g/mol. The lowest BCUT2D eigenvalue weighted by Gasteiger charge is -2.32. The van der Waals surface area contributed by atoms with Gasteiger partial charge in [0, 0.05) is 29.4 Å². The summed E-state index contributed by atoms with van der Waals surface area (Å²) in [6.07, 6.45) is 1.12. The molecule has 0 spiro atoms. The van der Waals surface area contributed by atoms with Crippen LogP contribution in [-0.4, -0.2) is 37.9 Å². The lowest BCUT2D eigenvalue weighted by atomic mass is 10.0. The first-order valence-electron chi connectivity index (χ1n) is 8.87. The van der Waals surface area contributed by atoms with Crippen molar-refractivity contribution < 1.29 is 14.4 Å². The highest BCUT2D eigenvalue weighted by Crippen LogP contribution is 2.32. The summed E-state index contributed by atoms with van der Waals surface area (Å²) < 4.78 is 0. The minimum absolute atomic E-state index is 0.210. The number of imide groups is 1. The van der Waals surface area contributed by atoms with E-state index in [4.69, 9.17) is 0 Å². The summed E-state index contributed by atoms with van der Waals surface area (Å²) in [4.78, 5) is 37.1. The second-order valence-electron chi connectivity index (χ2n) is 6.81. The van der Waals surface area contributed by atoms with Crippen molar-refractivity contribution in [2.24, 2.45) is 0 Å². The fraction of sp³-hybridized carbons (Fsp3) is 0.200. The van der Waals surface area contributed by atoms with E-state index < -0.39 is 0 Å². The van der Waals surface area contributed by atoms with Crippen molar-refractivity contribution in [3.63, 3.8) is 0 Å². The van der Waals surface area contributed by atoms with Crippen molar-refractivity contribution in [1.82, 2.24) is 20.2 Å². The van der Waals surface area contributed by atoms with Crippen molar-refractivity contribution in [1.29, 1.82) is 0 Å². The molecule has 1 fully saturated rings. The van der Waals surface area contributed by atoms with Gasteiger partial charge < -0.3 is 0 Å². The minimum atomic E-state index is -0.314. The lowest BCUT2D eigenvalue weighted by molar-refractivity contribution is -0.163. The van der Waals surface area contributed by atoms with Crippen LogP contribution in [0.4, 0.5) is 0 Å². The van der Waals surface area contributed by atoms with Gasteiger partial charge in [0.25, 0.3) is 5.91 Å². The Hall–Kier alpha value is -3.48. The van der Waals surface area contributed by atoms with Gasteiger partial charge >= 0.3 is 0 Å². The lowest BCUT2D eigenvalue weighted by Crippen LogP contribution is -2.51. The van der Waals surface area contributed by atoms with Crippen LogP contribution in [0.15, 0.2) is 42.5 Å². The molecule has 2 aliphatic heterocycles. The Morgan fingerprint density at radius 2 is 1.74 bits per heavy atom. The van der Waals surface area contributed by atoms with Crippen molar-refractivity contribution in [3.05, 3.63) is 53.6 Å². The topological polar surface area (TPSA) is 86.4 Å². The third-order valence-corrected chi connectivity index (χ3v) is 5.13. The molecule has 1 aromatic heterocycles. The van der Waals surface area contributed by atoms with E-state index in [1.54, 1.807) is 6.07 Å². The van der Waals surface area contributed by atoms with Crippen LogP contribution in [0.3, 0.4) is 0 Å². The number of amides is 3. The van der Waals surface area contributed by atoms with Gasteiger partial charge in [-0.2, -0.15) is 10.1 Å². The molecule has 0 radical (unpaired) electrons. The maximum Gasteiger partial charge on any atom is 0.273 e. The van der Waals surface area contributed by atoms with Gasteiger partial charge in [0.05, 0.1) is 17.8 Å². The molecule has 134 valence electrons. The summed E-state index contributed by atoms with van der Waals surface area (Å²) >= 11 is 0. The van der Waals surface area contributed by atoms with Crippen LogP contribution in [0.2, 0.25) is 0 Å². The number of aromatic nitrogens is 2. The smallest absolute Gasteiger partial charge is 0.273 e. The summed E-state index contributed by atoms with van der Waals surface area (Å²) in [5.41, 5.74) is 3.94. The molecule has 2 aromatic carbocycles. The number of hydrogen-bond donors (Lipinski definition) is 1. The largest absolute Gasteiger partial charge is 0.277 e. The van der Waals surface area contributed by atoms with Gasteiger partial charge in [-0.05, 0) is 30.2 Å². The fourth-order valence-electron chi connectivity index (χ4n) is 3.81. The van der Waals surface area contributed by atoms with Gasteiger partial charge in [0.2, 0.25) is 11.8 Å². The van der Waals surface area contributed by atoms with E-state index in [9.17, 15) is 14.4 Å². The molecule has 1 saturated heterocycles. The molecular weight excluding hydrogens is 344 g/mol. The van der Waals surface area contributed by atoms with Gasteiger partial charge in [0.15, 0.2) is 0 Å². The number of rotatable bonds is 2. The number of aromatic amines is 1. The van der Waals surface area contributed by atoms with E-state index in [0.717, 1.165) is 32.7 Å². The molecule has 0 aliphatic carbocycles. The van der Waals surface area contributed by atoms with Crippen LogP contribution in [0, 0.1) is 0 Å². The van der Waals surface area contributed by atoms with Gasteiger partial charge in [-0.15, -0.1) is 0 Å². The Labute approximate surface area is 154 Å². The molecule has 3 amide bonds. The SMILES string of the molecule is O=C1c2ccc(-c3n[nH]c4ccccc34)cc2CN1N1C(=O)CCCC1=O. The van der Waals surface area contributed by atoms with E-state index in [2.05, 4.69) is 10.2 Å². The summed E-state index contributed by atoms with van der Waals surface area (Å²) in [6.45, 7) is 0.210. The average Bonchev–Trinajstić information content (AvgIpc) is 3.23. The number of para-hydroxylation sites is 1. The Morgan fingerprint density at radius 3 is 2.56 bits per heavy atom. The summed E-state index contributed by atoms with van der Waals surface area (Å²) in [5.74, 6) is -0.941. The predicted octanol–water partition coefficient (Wildman–Crippen LogP) is 2.64. The Balaban J connectivity index is 1.52. The highest BCUT2D eigenvalue weighted by Gasteiger charge is 2.39. The van der Waals surface area contributed by atoms with Gasteiger partial charge in [0.1, 0.15) is 0 Å². The van der Waals surface area contributed by atoms with E-state index in [-0.39, 0.29) is 37.1 Å². The number of fused-ring (bicyclic) bond motifs is 2. The molecule has 0 saturated carbocycles. The molecule has 0 atom stereocenters. The second-order valence-corrected chi connectivity index (χ2v) is 6.81. The first-order chi connectivity index (χ1) is 13.1. The van der Waals surface area contributed by atoms with Gasteiger partial charge in [-0.3, -0.25) is 19.5 Å². The molecular formula is C20H16N4O3. The number of benzene rings is 2. The summed E-state index contributed by atoms with van der Waals surface area (Å²) in [5, 5.41) is 10.7. The predicted molar refractivity (Wildman–Crippen MR) is 97.1 cm³/mol. The Morgan fingerprint density at radius 1 is 0.963 bits per heavy atom. The Kier molecular flexibility index (Phi) is 3.36. The number of carbonyl (C=O) groups is 3. The molecule has 1 N–H and O–H groups in total. The fourth-order valence-corrected chi connectivity index (χ4v) is 3.81. The quantitative estimate of drug-likeness (QED) is 0.712. The zero-order chi connectivity index (χ0) is 18.5. The van der Waals surface area contributed by atoms with Crippen LogP contribution in [0.25, 0.3) is 22.2 Å². The number of hydrazine groups is 1. The number of hydrogen-bond acceptors (Lipinski definition) is 4. The molecule has 5 rings (SSSR count). The average molecular weight is 360 g/mol. The van der Waals surface area contributed by atoms with Crippen LogP contribution in [-0.2, 0) is 16.1 Å². The number of piperidine rings is 1. The first-order valence-corrected chi connectivity index (χ1v) is 8.87. The Bertz CT molecular complexity index is 1100. The third kappa shape index (κ3) is 2.35. The maximum atomic E-state index is 12.8. The number of carbonyl (C=O) groups excluding carboxylic acids is 3. The zero-order valence-electron chi connectivity index (χ0n) is 14.4. The maximum absolute atomic E-state index is 12.8. The van der Waals surface area contributed by atoms with E-state index in [0.29, 0.717) is 12.0 Å². The first kappa shape index (κ1) is 15.7. The molecule has 0 bridgehead atoms. The van der Waals surface area contributed by atoms with Crippen LogP contribution in [0.1, 0.15) is 35.2 Å². The van der Waals surface area contributed by atoms with E-state index in [1.807, 2.05) is 36.4 Å². The molecule has 2 aliphatic rings. The van der Waals surface area contributed by atoms with Gasteiger partial charge in [-0.1, -0.05) is 24.3 Å². The minimum Gasteiger partial charge on any atom is -0.277 e. The molecule has 27 heavy (non-hydrogen) atoms. The second kappa shape index (κ2) is 5.77. The van der Waals surface area contributed by atoms with Crippen molar-refractivity contribution in [3.8, 4) is 11.3 Å². The third-order valence-electron chi connectivity index (χ3n) is 5.13. The molecule has 7 nitrogen and oxygen atoms in total. The normalized spacial score (nSPS) is 17.1. The molecule has 0 unspecified atom stereocenters. The van der Waals surface area contributed by atoms with Crippen molar-refractivity contribution in [2.45, 2.75) is 25.8 Å². The molecule has 3 heterocycles. The van der Waals surface area contributed by atoms with E-state index >= 15 is 0 Å².